The van der Waals surface area contributed by atoms with Crippen LogP contribution in [-0.4, -0.2) is 17.0 Å². The van der Waals surface area contributed by atoms with E-state index in [1.165, 1.54) is 0 Å². The monoisotopic (exact) mass is 306 g/mol. The predicted octanol–water partition coefficient (Wildman–Crippen LogP) is 4.25. The van der Waals surface area contributed by atoms with E-state index in [2.05, 4.69) is 0 Å². The average Bonchev–Trinajstić information content (AvgIpc) is 2.29. The van der Waals surface area contributed by atoms with Gasteiger partial charge in [0.25, 0.3) is 0 Å². The molecule has 1 unspecified atom stereocenters. The summed E-state index contributed by atoms with van der Waals surface area (Å²) < 4.78 is 0. The Bertz CT molecular complexity index is 284. The molecule has 0 bridgehead atoms. The van der Waals surface area contributed by atoms with E-state index in [4.69, 9.17) is 29.6 Å². The van der Waals surface area contributed by atoms with Crippen LogP contribution in [0.4, 0.5) is 0 Å². The summed E-state index contributed by atoms with van der Waals surface area (Å²) in [7, 11) is 0. The van der Waals surface area contributed by atoms with Crippen LogP contribution >= 0.6 is 0 Å². The Labute approximate surface area is 127 Å². The molecule has 0 aromatic heterocycles. The standard InChI is InChI=1S/C15H30O6/c1-12-10-8-9-11-15(12,18-20-16-13(2,3)4)19-21-17-14(5,6)7/h12H,8-11H2,1-7H3. The third-order valence-corrected chi connectivity index (χ3v) is 3.08. The number of hydrogen-bond donors (Lipinski definition) is 0. The highest BCUT2D eigenvalue weighted by atomic mass is 17.6. The van der Waals surface area contributed by atoms with Gasteiger partial charge in [-0.05, 0) is 54.4 Å². The van der Waals surface area contributed by atoms with E-state index in [0.717, 1.165) is 19.3 Å². The Hall–Kier alpha value is -0.240. The summed E-state index contributed by atoms with van der Waals surface area (Å²) in [6.45, 7) is 13.2. The smallest absolute Gasteiger partial charge is 0.200 e. The van der Waals surface area contributed by atoms with E-state index in [1.54, 1.807) is 0 Å². The normalized spacial score (nSPS) is 23.3. The van der Waals surface area contributed by atoms with Crippen molar-refractivity contribution in [1.29, 1.82) is 0 Å². The van der Waals surface area contributed by atoms with Crippen molar-refractivity contribution in [3.8, 4) is 0 Å². The molecule has 1 saturated carbocycles. The van der Waals surface area contributed by atoms with Gasteiger partial charge in [-0.1, -0.05) is 23.4 Å². The summed E-state index contributed by atoms with van der Waals surface area (Å²) in [5.41, 5.74) is -0.941. The van der Waals surface area contributed by atoms with Crippen LogP contribution in [0.1, 0.15) is 74.1 Å². The molecular formula is C15H30O6. The van der Waals surface area contributed by atoms with Gasteiger partial charge in [0, 0.05) is 12.3 Å². The minimum Gasteiger partial charge on any atom is -0.200 e. The molecule has 0 saturated heterocycles. The van der Waals surface area contributed by atoms with E-state index in [9.17, 15) is 0 Å². The fourth-order valence-electron chi connectivity index (χ4n) is 1.90. The number of hydrogen-bond acceptors (Lipinski definition) is 6. The van der Waals surface area contributed by atoms with Gasteiger partial charge in [0.2, 0.25) is 5.79 Å². The van der Waals surface area contributed by atoms with Gasteiger partial charge in [-0.3, -0.25) is 0 Å². The van der Waals surface area contributed by atoms with Crippen molar-refractivity contribution in [3.63, 3.8) is 0 Å². The lowest BCUT2D eigenvalue weighted by atomic mass is 9.85. The second-order valence-corrected chi connectivity index (χ2v) is 7.65. The summed E-state index contributed by atoms with van der Waals surface area (Å²) in [6.07, 6.45) is 3.69. The lowest BCUT2D eigenvalue weighted by molar-refractivity contribution is -0.667. The molecule has 6 nitrogen and oxygen atoms in total. The van der Waals surface area contributed by atoms with E-state index in [1.807, 2.05) is 48.5 Å². The molecule has 0 spiro atoms. The van der Waals surface area contributed by atoms with Crippen molar-refractivity contribution in [1.82, 2.24) is 0 Å². The molecule has 1 fully saturated rings. The Balaban J connectivity index is 2.58. The van der Waals surface area contributed by atoms with Crippen molar-refractivity contribution in [2.45, 2.75) is 91.1 Å². The van der Waals surface area contributed by atoms with Crippen molar-refractivity contribution < 1.29 is 29.6 Å². The first kappa shape index (κ1) is 18.8. The topological polar surface area (TPSA) is 55.4 Å². The van der Waals surface area contributed by atoms with Crippen LogP contribution in [0, 0.1) is 5.92 Å². The molecule has 0 amide bonds. The molecule has 1 aliphatic rings. The van der Waals surface area contributed by atoms with Gasteiger partial charge in [0.05, 0.1) is 11.2 Å². The molecule has 21 heavy (non-hydrogen) atoms. The first-order chi connectivity index (χ1) is 9.54. The van der Waals surface area contributed by atoms with Gasteiger partial charge in [0.15, 0.2) is 0 Å². The van der Waals surface area contributed by atoms with Crippen molar-refractivity contribution in [2.24, 2.45) is 5.92 Å². The maximum absolute atomic E-state index is 5.42. The first-order valence-electron chi connectivity index (χ1n) is 7.61. The Kier molecular flexibility index (Phi) is 6.58. The third kappa shape index (κ3) is 7.04. The Morgan fingerprint density at radius 2 is 1.29 bits per heavy atom. The van der Waals surface area contributed by atoms with Crippen LogP contribution < -0.4 is 0 Å². The van der Waals surface area contributed by atoms with E-state index in [0.29, 0.717) is 6.42 Å². The lowest BCUT2D eigenvalue weighted by Gasteiger charge is -2.38. The van der Waals surface area contributed by atoms with Gasteiger partial charge in [0.1, 0.15) is 0 Å². The molecule has 1 atom stereocenters. The first-order valence-corrected chi connectivity index (χ1v) is 7.61. The molecular weight excluding hydrogens is 276 g/mol. The zero-order valence-electron chi connectivity index (χ0n) is 14.4. The molecule has 126 valence electrons. The molecule has 0 aromatic carbocycles. The van der Waals surface area contributed by atoms with Crippen molar-refractivity contribution >= 4 is 0 Å². The van der Waals surface area contributed by atoms with Gasteiger partial charge in [-0.15, -0.1) is 0 Å². The van der Waals surface area contributed by atoms with Gasteiger partial charge >= 0.3 is 0 Å². The summed E-state index contributed by atoms with van der Waals surface area (Å²) in [5.74, 6) is -0.923. The average molecular weight is 306 g/mol. The molecule has 0 radical (unpaired) electrons. The fraction of sp³-hybridized carbons (Fsp3) is 1.00. The highest BCUT2D eigenvalue weighted by Gasteiger charge is 2.45. The maximum Gasteiger partial charge on any atom is 0.242 e. The molecule has 1 aliphatic carbocycles. The molecule has 1 rings (SSSR count). The van der Waals surface area contributed by atoms with Gasteiger partial charge < -0.3 is 0 Å². The van der Waals surface area contributed by atoms with E-state index in [-0.39, 0.29) is 5.92 Å². The van der Waals surface area contributed by atoms with Gasteiger partial charge in [-0.2, -0.15) is 9.78 Å². The minimum atomic E-state index is -1.02. The van der Waals surface area contributed by atoms with E-state index < -0.39 is 17.0 Å². The summed E-state index contributed by atoms with van der Waals surface area (Å²) in [4.78, 5) is 21.2. The third-order valence-electron chi connectivity index (χ3n) is 3.08. The second-order valence-electron chi connectivity index (χ2n) is 7.65. The molecule has 0 heterocycles. The quantitative estimate of drug-likeness (QED) is 0.415. The van der Waals surface area contributed by atoms with Crippen LogP contribution in [-0.2, 0) is 29.6 Å². The molecule has 0 aromatic rings. The molecule has 6 heteroatoms. The van der Waals surface area contributed by atoms with Crippen molar-refractivity contribution in [3.05, 3.63) is 0 Å². The molecule has 0 N–H and O–H groups in total. The maximum atomic E-state index is 5.42. The zero-order chi connectivity index (χ0) is 16.1. The Morgan fingerprint density at radius 1 is 0.810 bits per heavy atom. The van der Waals surface area contributed by atoms with Gasteiger partial charge in [-0.25, -0.2) is 9.78 Å². The zero-order valence-corrected chi connectivity index (χ0v) is 14.4. The predicted molar refractivity (Wildman–Crippen MR) is 76.4 cm³/mol. The minimum absolute atomic E-state index is 0.0957. The Morgan fingerprint density at radius 3 is 1.67 bits per heavy atom. The number of rotatable bonds is 6. The summed E-state index contributed by atoms with van der Waals surface area (Å²) >= 11 is 0. The van der Waals surface area contributed by atoms with Crippen LogP contribution in [0.5, 0.6) is 0 Å². The molecule has 0 aliphatic heterocycles. The lowest BCUT2D eigenvalue weighted by Crippen LogP contribution is -2.45. The van der Waals surface area contributed by atoms with Crippen LogP contribution in [0.3, 0.4) is 0 Å². The SMILES string of the molecule is CC1CCCCC1(OOOC(C)(C)C)OOOC(C)(C)C. The summed E-state index contributed by atoms with van der Waals surface area (Å²) in [5, 5.41) is 9.87. The van der Waals surface area contributed by atoms with Crippen molar-refractivity contribution in [2.75, 3.05) is 0 Å². The summed E-state index contributed by atoms with van der Waals surface area (Å²) in [6, 6.07) is 0. The fourth-order valence-corrected chi connectivity index (χ4v) is 1.90. The van der Waals surface area contributed by atoms with E-state index >= 15 is 0 Å². The highest BCUT2D eigenvalue weighted by molar-refractivity contribution is 4.79. The highest BCUT2D eigenvalue weighted by Crippen LogP contribution is 2.38. The van der Waals surface area contributed by atoms with Crippen LogP contribution in [0.2, 0.25) is 0 Å². The largest absolute Gasteiger partial charge is 0.242 e. The van der Waals surface area contributed by atoms with Crippen LogP contribution in [0.15, 0.2) is 0 Å². The van der Waals surface area contributed by atoms with Crippen LogP contribution in [0.25, 0.3) is 0 Å². The second kappa shape index (κ2) is 7.35.